The maximum atomic E-state index is 10.1. The second kappa shape index (κ2) is 7.17. The van der Waals surface area contributed by atoms with Crippen molar-refractivity contribution in [3.05, 3.63) is 59.1 Å². The number of anilines is 1. The zero-order valence-electron chi connectivity index (χ0n) is 11.3. The molecule has 0 unspecified atom stereocenters. The molecule has 2 aromatic rings. The van der Waals surface area contributed by atoms with E-state index in [9.17, 15) is 5.11 Å². The van der Waals surface area contributed by atoms with Gasteiger partial charge in [0.1, 0.15) is 5.75 Å². The van der Waals surface area contributed by atoms with Gasteiger partial charge in [-0.25, -0.2) is 0 Å². The summed E-state index contributed by atoms with van der Waals surface area (Å²) in [7, 11) is 1.64. The van der Waals surface area contributed by atoms with E-state index >= 15 is 0 Å². The van der Waals surface area contributed by atoms with Gasteiger partial charge in [0.2, 0.25) is 0 Å². The molecule has 3 nitrogen and oxygen atoms in total. The Balaban J connectivity index is 1.81. The Bertz CT molecular complexity index is 525. The van der Waals surface area contributed by atoms with Crippen molar-refractivity contribution >= 4 is 17.3 Å². The lowest BCUT2D eigenvalue weighted by Crippen LogP contribution is -2.07. The Hall–Kier alpha value is -1.71. The minimum Gasteiger partial charge on any atom is -0.497 e. The van der Waals surface area contributed by atoms with Gasteiger partial charge in [0, 0.05) is 17.3 Å². The number of hydrogen-bond donors (Lipinski definition) is 2. The number of hydrogen-bond acceptors (Lipinski definition) is 3. The fraction of sp³-hybridized carbons (Fsp3) is 0.250. The number of benzene rings is 2. The standard InChI is InChI=1S/C16H18ClNO2/c1-20-15-8-6-14(7-9-15)18-11-10-16(19)12-2-4-13(17)5-3-12/h2-9,16,18-19H,10-11H2,1H3/t16-/m1/s1. The van der Waals surface area contributed by atoms with Gasteiger partial charge >= 0.3 is 0 Å². The predicted octanol–water partition coefficient (Wildman–Crippen LogP) is 3.88. The van der Waals surface area contributed by atoms with Crippen molar-refractivity contribution in [1.82, 2.24) is 0 Å². The largest absolute Gasteiger partial charge is 0.497 e. The van der Waals surface area contributed by atoms with E-state index in [1.54, 1.807) is 19.2 Å². The number of rotatable bonds is 6. The van der Waals surface area contributed by atoms with Gasteiger partial charge in [-0.05, 0) is 48.4 Å². The third-order valence-corrected chi connectivity index (χ3v) is 3.34. The van der Waals surface area contributed by atoms with Gasteiger partial charge in [-0.1, -0.05) is 23.7 Å². The fourth-order valence-electron chi connectivity index (χ4n) is 1.91. The lowest BCUT2D eigenvalue weighted by atomic mass is 10.1. The van der Waals surface area contributed by atoms with E-state index in [0.29, 0.717) is 18.0 Å². The monoisotopic (exact) mass is 291 g/mol. The summed E-state index contributed by atoms with van der Waals surface area (Å²) in [6.45, 7) is 0.691. The van der Waals surface area contributed by atoms with E-state index in [1.165, 1.54) is 0 Å². The number of aliphatic hydroxyl groups is 1. The molecule has 0 bridgehead atoms. The highest BCUT2D eigenvalue weighted by atomic mass is 35.5. The average molecular weight is 292 g/mol. The maximum Gasteiger partial charge on any atom is 0.119 e. The Kier molecular flexibility index (Phi) is 5.27. The van der Waals surface area contributed by atoms with Crippen LogP contribution in [0.25, 0.3) is 0 Å². The summed E-state index contributed by atoms with van der Waals surface area (Å²) in [5.41, 5.74) is 1.89. The van der Waals surface area contributed by atoms with E-state index in [4.69, 9.17) is 16.3 Å². The van der Waals surface area contributed by atoms with Crippen molar-refractivity contribution in [2.24, 2.45) is 0 Å². The van der Waals surface area contributed by atoms with Gasteiger partial charge in [0.25, 0.3) is 0 Å². The molecule has 0 aliphatic heterocycles. The first-order valence-corrected chi connectivity index (χ1v) is 6.88. The lowest BCUT2D eigenvalue weighted by Gasteiger charge is -2.12. The van der Waals surface area contributed by atoms with Crippen molar-refractivity contribution in [1.29, 1.82) is 0 Å². The topological polar surface area (TPSA) is 41.5 Å². The van der Waals surface area contributed by atoms with Crippen molar-refractivity contribution in [3.63, 3.8) is 0 Å². The molecule has 0 aliphatic carbocycles. The van der Waals surface area contributed by atoms with Crippen molar-refractivity contribution in [2.45, 2.75) is 12.5 Å². The Labute approximate surface area is 124 Å². The molecule has 4 heteroatoms. The van der Waals surface area contributed by atoms with Crippen molar-refractivity contribution < 1.29 is 9.84 Å². The van der Waals surface area contributed by atoms with E-state index in [1.807, 2.05) is 36.4 Å². The third-order valence-electron chi connectivity index (χ3n) is 3.09. The van der Waals surface area contributed by atoms with E-state index in [0.717, 1.165) is 17.0 Å². The Morgan fingerprint density at radius 1 is 1.10 bits per heavy atom. The summed E-state index contributed by atoms with van der Waals surface area (Å²) >= 11 is 5.82. The van der Waals surface area contributed by atoms with Crippen molar-refractivity contribution in [3.8, 4) is 5.75 Å². The quantitative estimate of drug-likeness (QED) is 0.848. The summed E-state index contributed by atoms with van der Waals surface area (Å²) in [4.78, 5) is 0. The molecule has 2 N–H and O–H groups in total. The smallest absolute Gasteiger partial charge is 0.119 e. The number of aliphatic hydroxyl groups excluding tert-OH is 1. The highest BCUT2D eigenvalue weighted by Gasteiger charge is 2.06. The van der Waals surface area contributed by atoms with Crippen molar-refractivity contribution in [2.75, 3.05) is 19.0 Å². The van der Waals surface area contributed by atoms with Crippen LogP contribution in [0.15, 0.2) is 48.5 Å². The van der Waals surface area contributed by atoms with Gasteiger partial charge in [0.05, 0.1) is 13.2 Å². The van der Waals surface area contributed by atoms with Crippen LogP contribution in [0.5, 0.6) is 5.75 Å². The lowest BCUT2D eigenvalue weighted by molar-refractivity contribution is 0.171. The highest BCUT2D eigenvalue weighted by Crippen LogP contribution is 2.20. The van der Waals surface area contributed by atoms with Gasteiger partial charge in [0.15, 0.2) is 0 Å². The first-order valence-electron chi connectivity index (χ1n) is 6.50. The third kappa shape index (κ3) is 4.15. The van der Waals surface area contributed by atoms with Gasteiger partial charge < -0.3 is 15.2 Å². The second-order valence-electron chi connectivity index (χ2n) is 4.51. The molecule has 0 aliphatic rings. The van der Waals surface area contributed by atoms with Gasteiger partial charge in [-0.2, -0.15) is 0 Å². The number of halogens is 1. The van der Waals surface area contributed by atoms with Crippen LogP contribution in [0.3, 0.4) is 0 Å². The number of ether oxygens (including phenoxy) is 1. The molecular weight excluding hydrogens is 274 g/mol. The van der Waals surface area contributed by atoms with Crippen LogP contribution < -0.4 is 10.1 Å². The fourth-order valence-corrected chi connectivity index (χ4v) is 2.04. The summed E-state index contributed by atoms with van der Waals surface area (Å²) in [6, 6.07) is 15.0. The number of methoxy groups -OCH3 is 1. The zero-order chi connectivity index (χ0) is 14.4. The van der Waals surface area contributed by atoms with Crippen LogP contribution in [-0.2, 0) is 0 Å². The first kappa shape index (κ1) is 14.7. The van der Waals surface area contributed by atoms with Gasteiger partial charge in [-0.15, -0.1) is 0 Å². The van der Waals surface area contributed by atoms with Crippen LogP contribution in [0.4, 0.5) is 5.69 Å². The number of nitrogens with one attached hydrogen (secondary N) is 1. The summed E-state index contributed by atoms with van der Waals surface area (Å²) in [5.74, 6) is 0.830. The molecular formula is C16H18ClNO2. The van der Waals surface area contributed by atoms with Crippen LogP contribution in [0.1, 0.15) is 18.1 Å². The molecule has 106 valence electrons. The highest BCUT2D eigenvalue weighted by molar-refractivity contribution is 6.30. The minimum absolute atomic E-state index is 0.488. The average Bonchev–Trinajstić information content (AvgIpc) is 2.48. The molecule has 1 atom stereocenters. The molecule has 0 saturated heterocycles. The molecule has 0 saturated carbocycles. The van der Waals surface area contributed by atoms with E-state index in [2.05, 4.69) is 5.32 Å². The second-order valence-corrected chi connectivity index (χ2v) is 4.95. The van der Waals surface area contributed by atoms with Crippen LogP contribution in [0.2, 0.25) is 5.02 Å². The summed E-state index contributed by atoms with van der Waals surface area (Å²) in [5, 5.41) is 14.0. The molecule has 0 radical (unpaired) electrons. The predicted molar refractivity (Wildman–Crippen MR) is 82.5 cm³/mol. The molecule has 0 spiro atoms. The SMILES string of the molecule is COc1ccc(NCC[C@@H](O)c2ccc(Cl)cc2)cc1. The van der Waals surface area contributed by atoms with E-state index < -0.39 is 6.10 Å². The molecule has 0 fully saturated rings. The summed E-state index contributed by atoms with van der Waals surface area (Å²) in [6.07, 6.45) is 0.145. The van der Waals surface area contributed by atoms with E-state index in [-0.39, 0.29) is 0 Å². The molecule has 0 aromatic heterocycles. The Morgan fingerprint density at radius 3 is 2.35 bits per heavy atom. The molecule has 2 aromatic carbocycles. The Morgan fingerprint density at radius 2 is 1.75 bits per heavy atom. The van der Waals surface area contributed by atoms with Crippen LogP contribution in [0, 0.1) is 0 Å². The molecule has 20 heavy (non-hydrogen) atoms. The molecule has 0 heterocycles. The van der Waals surface area contributed by atoms with Gasteiger partial charge in [-0.3, -0.25) is 0 Å². The summed E-state index contributed by atoms with van der Waals surface area (Å²) < 4.78 is 5.10. The maximum absolute atomic E-state index is 10.1. The normalized spacial score (nSPS) is 11.9. The minimum atomic E-state index is -0.488. The molecule has 0 amide bonds. The first-order chi connectivity index (χ1) is 9.69. The van der Waals surface area contributed by atoms with Crippen LogP contribution in [-0.4, -0.2) is 18.8 Å². The molecule has 2 rings (SSSR count). The van der Waals surface area contributed by atoms with Crippen LogP contribution >= 0.6 is 11.6 Å². The zero-order valence-corrected chi connectivity index (χ0v) is 12.1.